The van der Waals surface area contributed by atoms with Crippen LogP contribution in [0.3, 0.4) is 0 Å². The van der Waals surface area contributed by atoms with Crippen molar-refractivity contribution >= 4 is 17.9 Å². The molecule has 0 spiro atoms. The molecule has 6 nitrogen and oxygen atoms in total. The molecule has 376 valence electrons. The van der Waals surface area contributed by atoms with Crippen LogP contribution in [-0.4, -0.2) is 37.2 Å². The molecular formula is C58H108O6. The first-order chi connectivity index (χ1) is 31.5. The van der Waals surface area contributed by atoms with E-state index >= 15 is 0 Å². The molecule has 1 unspecified atom stereocenters. The molecule has 0 heterocycles. The molecule has 0 aromatic carbocycles. The molecule has 0 aliphatic heterocycles. The van der Waals surface area contributed by atoms with E-state index in [1.54, 1.807) is 0 Å². The summed E-state index contributed by atoms with van der Waals surface area (Å²) in [6.07, 6.45) is 61.7. The Hall–Kier alpha value is -2.11. The first kappa shape index (κ1) is 61.9. The molecular weight excluding hydrogens is 793 g/mol. The fourth-order valence-electron chi connectivity index (χ4n) is 8.36. The summed E-state index contributed by atoms with van der Waals surface area (Å²) in [4.78, 5) is 38.0. The Balaban J connectivity index is 4.29. The Morgan fingerprint density at radius 2 is 0.531 bits per heavy atom. The Morgan fingerprint density at radius 1 is 0.297 bits per heavy atom. The lowest BCUT2D eigenvalue weighted by molar-refractivity contribution is -0.167. The van der Waals surface area contributed by atoms with Gasteiger partial charge in [-0.05, 0) is 64.2 Å². The lowest BCUT2D eigenvalue weighted by atomic mass is 10.0. The predicted octanol–water partition coefficient (Wildman–Crippen LogP) is 18.7. The molecule has 0 aliphatic rings. The monoisotopic (exact) mass is 901 g/mol. The summed E-state index contributed by atoms with van der Waals surface area (Å²) in [5.41, 5.74) is 0. The van der Waals surface area contributed by atoms with Gasteiger partial charge in [-0.1, -0.05) is 251 Å². The fraction of sp³-hybridized carbons (Fsp3) is 0.879. The van der Waals surface area contributed by atoms with Crippen LogP contribution in [0.4, 0.5) is 0 Å². The van der Waals surface area contributed by atoms with Gasteiger partial charge in [0.25, 0.3) is 0 Å². The van der Waals surface area contributed by atoms with Crippen molar-refractivity contribution in [3.63, 3.8) is 0 Å². The number of ether oxygens (including phenoxy) is 3. The largest absolute Gasteiger partial charge is 0.462 e. The fourth-order valence-corrected chi connectivity index (χ4v) is 8.36. The Morgan fingerprint density at radius 3 is 0.828 bits per heavy atom. The van der Waals surface area contributed by atoms with Crippen molar-refractivity contribution in [1.82, 2.24) is 0 Å². The minimum Gasteiger partial charge on any atom is -0.462 e. The average molecular weight is 901 g/mol. The van der Waals surface area contributed by atoms with Crippen molar-refractivity contribution in [2.75, 3.05) is 13.2 Å². The summed E-state index contributed by atoms with van der Waals surface area (Å²) in [5.74, 6) is -0.874. The van der Waals surface area contributed by atoms with Gasteiger partial charge < -0.3 is 14.2 Å². The van der Waals surface area contributed by atoms with Crippen LogP contribution in [0.5, 0.6) is 0 Å². The number of hydrogen-bond donors (Lipinski definition) is 0. The highest BCUT2D eigenvalue weighted by atomic mass is 16.6. The predicted molar refractivity (Wildman–Crippen MR) is 275 cm³/mol. The van der Waals surface area contributed by atoms with Crippen LogP contribution in [0.1, 0.15) is 310 Å². The first-order valence-electron chi connectivity index (χ1n) is 28.3. The molecule has 6 heteroatoms. The SMILES string of the molecule is CCCC/C=C\CCCCCCCC(=O)OCC(COC(=O)CCCCCCCCCCCCCCCCCCCCC)OC(=O)CCCCCCC/C=C\CCCCCCCCC. The second kappa shape index (κ2) is 53.5. The number of allylic oxidation sites excluding steroid dienone is 4. The number of hydrogen-bond acceptors (Lipinski definition) is 6. The number of unbranched alkanes of at least 4 members (excludes halogenated alkanes) is 37. The van der Waals surface area contributed by atoms with Crippen LogP contribution in [0.25, 0.3) is 0 Å². The topological polar surface area (TPSA) is 78.9 Å². The van der Waals surface area contributed by atoms with E-state index in [4.69, 9.17) is 14.2 Å². The van der Waals surface area contributed by atoms with E-state index in [1.165, 1.54) is 199 Å². The molecule has 0 amide bonds. The van der Waals surface area contributed by atoms with Crippen LogP contribution in [0.2, 0.25) is 0 Å². The van der Waals surface area contributed by atoms with Gasteiger partial charge >= 0.3 is 17.9 Å². The minimum atomic E-state index is -0.774. The molecule has 0 fully saturated rings. The number of carbonyl (C=O) groups is 3. The van der Waals surface area contributed by atoms with Crippen LogP contribution < -0.4 is 0 Å². The van der Waals surface area contributed by atoms with Crippen molar-refractivity contribution in [2.45, 2.75) is 316 Å². The second-order valence-corrected chi connectivity index (χ2v) is 19.2. The number of rotatable bonds is 52. The summed E-state index contributed by atoms with van der Waals surface area (Å²) in [5, 5.41) is 0. The van der Waals surface area contributed by atoms with E-state index in [2.05, 4.69) is 45.1 Å². The number of carbonyl (C=O) groups excluding carboxylic acids is 3. The van der Waals surface area contributed by atoms with E-state index in [9.17, 15) is 14.4 Å². The molecule has 0 saturated carbocycles. The van der Waals surface area contributed by atoms with Crippen molar-refractivity contribution in [2.24, 2.45) is 0 Å². The molecule has 0 radical (unpaired) electrons. The quantitative estimate of drug-likeness (QED) is 0.0262. The van der Waals surface area contributed by atoms with Crippen molar-refractivity contribution in [3.05, 3.63) is 24.3 Å². The maximum absolute atomic E-state index is 12.8. The summed E-state index contributed by atoms with van der Waals surface area (Å²) in [6.45, 7) is 6.63. The standard InChI is InChI=1S/C58H108O6/c1-4-7-10-13-16-19-22-24-26-28-29-30-32-33-36-39-42-45-48-51-57(60)63-54-55(53-62-56(59)50-47-44-41-38-35-21-18-15-12-9-6-3)64-58(61)52-49-46-43-40-37-34-31-27-25-23-20-17-14-11-8-5-2/h15,18,27,31,55H,4-14,16-17,19-26,28-30,32-54H2,1-3H3/b18-15-,31-27-. The summed E-state index contributed by atoms with van der Waals surface area (Å²) in [7, 11) is 0. The van der Waals surface area contributed by atoms with Gasteiger partial charge in [-0.2, -0.15) is 0 Å². The van der Waals surface area contributed by atoms with Gasteiger partial charge in [0.1, 0.15) is 13.2 Å². The zero-order valence-electron chi connectivity index (χ0n) is 43.1. The maximum atomic E-state index is 12.8. The van der Waals surface area contributed by atoms with E-state index in [0.29, 0.717) is 19.3 Å². The molecule has 1 atom stereocenters. The van der Waals surface area contributed by atoms with E-state index in [-0.39, 0.29) is 31.1 Å². The van der Waals surface area contributed by atoms with Gasteiger partial charge in [0.05, 0.1) is 0 Å². The molecule has 0 N–H and O–H groups in total. The van der Waals surface area contributed by atoms with Gasteiger partial charge in [-0.3, -0.25) is 14.4 Å². The maximum Gasteiger partial charge on any atom is 0.306 e. The third-order valence-corrected chi connectivity index (χ3v) is 12.7. The van der Waals surface area contributed by atoms with Gasteiger partial charge in [0.15, 0.2) is 6.10 Å². The van der Waals surface area contributed by atoms with Crippen molar-refractivity contribution in [1.29, 1.82) is 0 Å². The molecule has 0 aromatic heterocycles. The summed E-state index contributed by atoms with van der Waals surface area (Å²) in [6, 6.07) is 0. The van der Waals surface area contributed by atoms with Crippen molar-refractivity contribution < 1.29 is 28.6 Å². The first-order valence-corrected chi connectivity index (χ1v) is 28.3. The zero-order valence-corrected chi connectivity index (χ0v) is 43.1. The van der Waals surface area contributed by atoms with Gasteiger partial charge in [-0.25, -0.2) is 0 Å². The normalized spacial score (nSPS) is 12.1. The number of esters is 3. The lowest BCUT2D eigenvalue weighted by Gasteiger charge is -2.18. The van der Waals surface area contributed by atoms with E-state index in [1.807, 2.05) is 0 Å². The van der Waals surface area contributed by atoms with Gasteiger partial charge in [-0.15, -0.1) is 0 Å². The Bertz CT molecular complexity index is 1040. The third kappa shape index (κ3) is 50.9. The molecule has 0 aromatic rings. The summed E-state index contributed by atoms with van der Waals surface area (Å²) < 4.78 is 16.8. The van der Waals surface area contributed by atoms with Crippen LogP contribution in [0, 0.1) is 0 Å². The summed E-state index contributed by atoms with van der Waals surface area (Å²) >= 11 is 0. The molecule has 64 heavy (non-hydrogen) atoms. The lowest BCUT2D eigenvalue weighted by Crippen LogP contribution is -2.30. The Labute approximate surface area is 398 Å². The van der Waals surface area contributed by atoms with Gasteiger partial charge in [0, 0.05) is 19.3 Å². The average Bonchev–Trinajstić information content (AvgIpc) is 3.29. The molecule has 0 bridgehead atoms. The van der Waals surface area contributed by atoms with E-state index in [0.717, 1.165) is 70.6 Å². The minimum absolute atomic E-state index is 0.0731. The van der Waals surface area contributed by atoms with Crippen LogP contribution in [-0.2, 0) is 28.6 Å². The highest BCUT2D eigenvalue weighted by Crippen LogP contribution is 2.17. The van der Waals surface area contributed by atoms with Crippen molar-refractivity contribution in [3.8, 4) is 0 Å². The molecule has 0 rings (SSSR count). The smallest absolute Gasteiger partial charge is 0.306 e. The molecule has 0 saturated heterocycles. The zero-order chi connectivity index (χ0) is 46.5. The van der Waals surface area contributed by atoms with E-state index < -0.39 is 6.10 Å². The highest BCUT2D eigenvalue weighted by molar-refractivity contribution is 5.71. The van der Waals surface area contributed by atoms with Crippen LogP contribution >= 0.6 is 0 Å². The van der Waals surface area contributed by atoms with Gasteiger partial charge in [0.2, 0.25) is 0 Å². The highest BCUT2D eigenvalue weighted by Gasteiger charge is 2.19. The molecule has 0 aliphatic carbocycles. The Kier molecular flexibility index (Phi) is 51.7. The third-order valence-electron chi connectivity index (χ3n) is 12.7. The van der Waals surface area contributed by atoms with Crippen LogP contribution in [0.15, 0.2) is 24.3 Å². The second-order valence-electron chi connectivity index (χ2n) is 19.2.